The lowest BCUT2D eigenvalue weighted by atomic mass is 10.0. The van der Waals surface area contributed by atoms with Crippen molar-refractivity contribution in [1.82, 2.24) is 9.97 Å². The van der Waals surface area contributed by atoms with Gasteiger partial charge in [0.2, 0.25) is 5.88 Å². The van der Waals surface area contributed by atoms with Crippen LogP contribution in [-0.2, 0) is 14.8 Å². The Kier molecular flexibility index (Phi) is 5.44. The average molecular weight is 498 g/mol. The van der Waals surface area contributed by atoms with Crippen molar-refractivity contribution in [2.45, 2.75) is 4.90 Å². The Balaban J connectivity index is 1.56. The minimum absolute atomic E-state index is 0.0503. The van der Waals surface area contributed by atoms with Crippen LogP contribution < -0.4 is 19.5 Å². The van der Waals surface area contributed by atoms with Crippen LogP contribution in [0.2, 0.25) is 0 Å². The first-order valence-electron chi connectivity index (χ1n) is 10.1. The second-order valence-electron chi connectivity index (χ2n) is 7.53. The lowest BCUT2D eigenvalue weighted by molar-refractivity contribution is -0.118. The topological polar surface area (TPSA) is 120 Å². The highest BCUT2D eigenvalue weighted by Crippen LogP contribution is 2.37. The highest BCUT2D eigenvalue weighted by Gasteiger charge is 2.23. The Hall–Kier alpha value is -4.32. The van der Waals surface area contributed by atoms with Crippen LogP contribution in [0.5, 0.6) is 11.6 Å². The number of sulfonamides is 1. The maximum atomic E-state index is 14.1. The number of nitrogens with zero attached hydrogens (tertiary/aromatic N) is 2. The van der Waals surface area contributed by atoms with Gasteiger partial charge in [0.1, 0.15) is 27.9 Å². The summed E-state index contributed by atoms with van der Waals surface area (Å²) < 4.78 is 66.0. The molecule has 0 unspecified atom stereocenters. The van der Waals surface area contributed by atoms with E-state index in [1.54, 1.807) is 18.2 Å². The lowest BCUT2D eigenvalue weighted by Gasteiger charge is -2.19. The first-order chi connectivity index (χ1) is 16.7. The van der Waals surface area contributed by atoms with Crippen LogP contribution in [0.3, 0.4) is 0 Å². The van der Waals surface area contributed by atoms with Gasteiger partial charge in [0.25, 0.3) is 15.9 Å². The Morgan fingerprint density at radius 2 is 1.89 bits per heavy atom. The zero-order valence-corrected chi connectivity index (χ0v) is 18.8. The van der Waals surface area contributed by atoms with Crippen molar-refractivity contribution >= 4 is 38.2 Å². The Morgan fingerprint density at radius 3 is 2.66 bits per heavy atom. The molecule has 0 atom stereocenters. The van der Waals surface area contributed by atoms with Crippen LogP contribution in [0.4, 0.5) is 20.2 Å². The molecule has 0 spiro atoms. The van der Waals surface area contributed by atoms with E-state index in [1.165, 1.54) is 25.6 Å². The van der Waals surface area contributed by atoms with Crippen molar-refractivity contribution in [2.75, 3.05) is 23.8 Å². The molecule has 0 fully saturated rings. The van der Waals surface area contributed by atoms with Gasteiger partial charge in [0.05, 0.1) is 18.8 Å². The number of fused-ring (bicyclic) bond motifs is 3. The van der Waals surface area contributed by atoms with Crippen LogP contribution in [0, 0.1) is 11.6 Å². The van der Waals surface area contributed by atoms with E-state index in [1.807, 2.05) is 0 Å². The molecule has 0 bridgehead atoms. The van der Waals surface area contributed by atoms with Gasteiger partial charge in [-0.3, -0.25) is 14.5 Å². The van der Waals surface area contributed by atoms with Gasteiger partial charge in [-0.25, -0.2) is 22.2 Å². The van der Waals surface area contributed by atoms with Crippen molar-refractivity contribution in [2.24, 2.45) is 0 Å². The van der Waals surface area contributed by atoms with Crippen LogP contribution in [0.25, 0.3) is 22.0 Å². The molecule has 2 N–H and O–H groups in total. The maximum Gasteiger partial charge on any atom is 0.264 e. The minimum atomic E-state index is -4.43. The Bertz CT molecular complexity index is 1610. The zero-order chi connectivity index (χ0) is 24.7. The first-order valence-corrected chi connectivity index (χ1v) is 11.6. The number of carbonyl (C=O) groups excluding carboxylic acids is 1. The number of aromatic nitrogens is 2. The molecule has 0 radical (unpaired) electrons. The number of benzene rings is 2. The number of carbonyl (C=O) groups is 1. The first kappa shape index (κ1) is 22.5. The smallest absolute Gasteiger partial charge is 0.264 e. The van der Waals surface area contributed by atoms with E-state index >= 15 is 0 Å². The van der Waals surface area contributed by atoms with Crippen molar-refractivity contribution in [3.8, 4) is 22.8 Å². The van der Waals surface area contributed by atoms with Gasteiger partial charge < -0.3 is 14.8 Å². The van der Waals surface area contributed by atoms with Gasteiger partial charge in [-0.2, -0.15) is 0 Å². The molecule has 0 aliphatic carbocycles. The summed E-state index contributed by atoms with van der Waals surface area (Å²) >= 11 is 0. The molecule has 2 aromatic carbocycles. The molecular weight excluding hydrogens is 482 g/mol. The summed E-state index contributed by atoms with van der Waals surface area (Å²) in [6, 6.07) is 8.89. The third-order valence-corrected chi connectivity index (χ3v) is 6.64. The molecule has 0 saturated carbocycles. The van der Waals surface area contributed by atoms with Gasteiger partial charge >= 0.3 is 0 Å². The van der Waals surface area contributed by atoms with E-state index in [0.29, 0.717) is 39.5 Å². The molecule has 9 nitrogen and oxygen atoms in total. The number of hydrogen-bond acceptors (Lipinski definition) is 7. The third-order valence-electron chi connectivity index (χ3n) is 5.25. The fraction of sp³-hybridized carbons (Fsp3) is 0.0870. The standard InChI is InChI=1S/C23H16F2N4O5S/c1-33-23-18(29-35(31,32)20-5-3-14(24)8-16(20)25)7-13(9-27-23)12-2-4-17-15(6-12)22-19(10-26-17)28-21(30)11-34-22/h2-10,29H,11H2,1H3,(H,28,30). The summed E-state index contributed by atoms with van der Waals surface area (Å²) in [5.41, 5.74) is 2.15. The zero-order valence-electron chi connectivity index (χ0n) is 18.0. The average Bonchev–Trinajstić information content (AvgIpc) is 2.82. The summed E-state index contributed by atoms with van der Waals surface area (Å²) in [5.74, 6) is -2.02. The summed E-state index contributed by atoms with van der Waals surface area (Å²) in [7, 11) is -3.12. The van der Waals surface area contributed by atoms with Gasteiger partial charge in [0.15, 0.2) is 12.4 Å². The molecule has 2 aromatic heterocycles. The number of amides is 1. The predicted molar refractivity (Wildman–Crippen MR) is 123 cm³/mol. The van der Waals surface area contributed by atoms with E-state index in [9.17, 15) is 22.0 Å². The summed E-state index contributed by atoms with van der Waals surface area (Å²) in [4.78, 5) is 19.4. The van der Waals surface area contributed by atoms with E-state index < -0.39 is 26.6 Å². The number of anilines is 2. The van der Waals surface area contributed by atoms with E-state index in [-0.39, 0.29) is 24.1 Å². The highest BCUT2D eigenvalue weighted by atomic mass is 32.2. The molecule has 35 heavy (non-hydrogen) atoms. The molecule has 3 heterocycles. The summed E-state index contributed by atoms with van der Waals surface area (Å²) in [5, 5.41) is 3.33. The van der Waals surface area contributed by atoms with E-state index in [2.05, 4.69) is 20.0 Å². The normalized spacial score (nSPS) is 13.1. The molecular formula is C23H16F2N4O5S. The number of methoxy groups -OCH3 is 1. The molecule has 5 rings (SSSR count). The number of ether oxygens (including phenoxy) is 2. The minimum Gasteiger partial charge on any atom is -0.481 e. The van der Waals surface area contributed by atoms with Crippen molar-refractivity contribution in [3.63, 3.8) is 0 Å². The molecule has 1 amide bonds. The van der Waals surface area contributed by atoms with Crippen molar-refractivity contribution in [1.29, 1.82) is 0 Å². The monoisotopic (exact) mass is 498 g/mol. The summed E-state index contributed by atoms with van der Waals surface area (Å²) in [6.07, 6.45) is 2.98. The molecule has 178 valence electrons. The van der Waals surface area contributed by atoms with Crippen LogP contribution in [0.1, 0.15) is 0 Å². The van der Waals surface area contributed by atoms with Gasteiger partial charge in [0, 0.05) is 23.2 Å². The Morgan fingerprint density at radius 1 is 1.06 bits per heavy atom. The SMILES string of the molecule is COc1ncc(-c2ccc3ncc4c(c3c2)OCC(=O)N4)cc1NS(=O)(=O)c1ccc(F)cc1F. The lowest BCUT2D eigenvalue weighted by Crippen LogP contribution is -2.25. The molecule has 4 aromatic rings. The Labute approximate surface area is 197 Å². The van der Waals surface area contributed by atoms with E-state index in [4.69, 9.17) is 9.47 Å². The number of halogens is 2. The number of nitrogens with one attached hydrogen (secondary N) is 2. The quantitative estimate of drug-likeness (QED) is 0.430. The van der Waals surface area contributed by atoms with Gasteiger partial charge in [-0.1, -0.05) is 6.07 Å². The van der Waals surface area contributed by atoms with Crippen molar-refractivity contribution < 1.29 is 31.5 Å². The predicted octanol–water partition coefficient (Wildman–Crippen LogP) is 3.72. The molecule has 1 aliphatic rings. The van der Waals surface area contributed by atoms with Crippen LogP contribution in [-0.4, -0.2) is 38.0 Å². The molecule has 1 aliphatic heterocycles. The maximum absolute atomic E-state index is 14.1. The van der Waals surface area contributed by atoms with E-state index in [0.717, 1.165) is 12.1 Å². The highest BCUT2D eigenvalue weighted by molar-refractivity contribution is 7.92. The molecule has 0 saturated heterocycles. The fourth-order valence-corrected chi connectivity index (χ4v) is 4.76. The number of pyridine rings is 2. The van der Waals surface area contributed by atoms with Crippen molar-refractivity contribution in [3.05, 3.63) is 66.5 Å². The number of hydrogen-bond donors (Lipinski definition) is 2. The second-order valence-corrected chi connectivity index (χ2v) is 9.18. The third kappa shape index (κ3) is 4.19. The second kappa shape index (κ2) is 8.47. The molecule has 12 heteroatoms. The fourth-order valence-electron chi connectivity index (χ4n) is 3.66. The largest absolute Gasteiger partial charge is 0.481 e. The van der Waals surface area contributed by atoms with Crippen LogP contribution in [0.15, 0.2) is 59.8 Å². The van der Waals surface area contributed by atoms with Gasteiger partial charge in [-0.15, -0.1) is 0 Å². The number of rotatable bonds is 5. The van der Waals surface area contributed by atoms with Crippen LogP contribution >= 0.6 is 0 Å². The summed E-state index contributed by atoms with van der Waals surface area (Å²) in [6.45, 7) is -0.133. The van der Waals surface area contributed by atoms with Gasteiger partial charge in [-0.05, 0) is 35.9 Å².